The fraction of sp³-hybridized carbons (Fsp3) is 0.438. The van der Waals surface area contributed by atoms with Gasteiger partial charge in [0.1, 0.15) is 18.1 Å². The zero-order valence-corrected chi connectivity index (χ0v) is 13.1. The van der Waals surface area contributed by atoms with Crippen molar-refractivity contribution in [1.29, 1.82) is 0 Å². The summed E-state index contributed by atoms with van der Waals surface area (Å²) in [7, 11) is 3.56. The summed E-state index contributed by atoms with van der Waals surface area (Å²) in [6.45, 7) is 5.63. The average Bonchev–Trinajstić information content (AvgIpc) is 2.90. The quantitative estimate of drug-likeness (QED) is 0.851. The minimum Gasteiger partial charge on any atom is -0.497 e. The van der Waals surface area contributed by atoms with Crippen LogP contribution in [0.25, 0.3) is 0 Å². The van der Waals surface area contributed by atoms with E-state index in [1.165, 1.54) is 0 Å². The molecule has 1 aromatic carbocycles. The van der Waals surface area contributed by atoms with Gasteiger partial charge < -0.3 is 14.8 Å². The topological polar surface area (TPSA) is 48.3 Å². The van der Waals surface area contributed by atoms with E-state index in [1.54, 1.807) is 11.8 Å². The summed E-state index contributed by atoms with van der Waals surface area (Å²) in [5, 5.41) is 7.55. The van der Waals surface area contributed by atoms with Crippen LogP contribution >= 0.6 is 0 Å². The van der Waals surface area contributed by atoms with Crippen LogP contribution in [0.2, 0.25) is 0 Å². The SMILES string of the molecule is CCNC(C)c1ccc(OC)cc1OCc1cnn(C)c1. The van der Waals surface area contributed by atoms with Crippen molar-refractivity contribution < 1.29 is 9.47 Å². The Kier molecular flexibility index (Phi) is 5.22. The molecule has 0 aliphatic heterocycles. The number of rotatable bonds is 7. The van der Waals surface area contributed by atoms with Gasteiger partial charge in [-0.2, -0.15) is 5.10 Å². The van der Waals surface area contributed by atoms with E-state index < -0.39 is 0 Å². The molecule has 1 atom stereocenters. The van der Waals surface area contributed by atoms with E-state index in [1.807, 2.05) is 37.6 Å². The van der Waals surface area contributed by atoms with E-state index in [9.17, 15) is 0 Å². The molecule has 5 nitrogen and oxygen atoms in total. The average molecular weight is 289 g/mol. The zero-order valence-electron chi connectivity index (χ0n) is 13.1. The summed E-state index contributed by atoms with van der Waals surface area (Å²) < 4.78 is 13.0. The van der Waals surface area contributed by atoms with Crippen LogP contribution in [0.5, 0.6) is 11.5 Å². The molecule has 0 aliphatic rings. The molecule has 0 radical (unpaired) electrons. The van der Waals surface area contributed by atoms with E-state index in [0.29, 0.717) is 6.61 Å². The number of benzene rings is 1. The van der Waals surface area contributed by atoms with Crippen molar-refractivity contribution in [3.8, 4) is 11.5 Å². The van der Waals surface area contributed by atoms with Gasteiger partial charge in [0.15, 0.2) is 0 Å². The number of nitrogens with one attached hydrogen (secondary N) is 1. The Labute approximate surface area is 125 Å². The summed E-state index contributed by atoms with van der Waals surface area (Å²) >= 11 is 0. The standard InChI is InChI=1S/C16H23N3O2/c1-5-17-12(2)15-7-6-14(20-4)8-16(15)21-11-13-9-18-19(3)10-13/h6-10,12,17H,5,11H2,1-4H3. The van der Waals surface area contributed by atoms with Crippen LogP contribution in [0.1, 0.15) is 31.0 Å². The van der Waals surface area contributed by atoms with Gasteiger partial charge in [0.2, 0.25) is 0 Å². The van der Waals surface area contributed by atoms with E-state index in [-0.39, 0.29) is 6.04 Å². The van der Waals surface area contributed by atoms with Crippen molar-refractivity contribution in [3.05, 3.63) is 41.7 Å². The number of hydrogen-bond acceptors (Lipinski definition) is 4. The molecular formula is C16H23N3O2. The van der Waals surface area contributed by atoms with Gasteiger partial charge >= 0.3 is 0 Å². The smallest absolute Gasteiger partial charge is 0.128 e. The lowest BCUT2D eigenvalue weighted by molar-refractivity contribution is 0.297. The molecule has 114 valence electrons. The lowest BCUT2D eigenvalue weighted by Gasteiger charge is -2.18. The van der Waals surface area contributed by atoms with E-state index in [0.717, 1.165) is 29.2 Å². The molecule has 0 fully saturated rings. The summed E-state index contributed by atoms with van der Waals surface area (Å²) in [6.07, 6.45) is 3.77. The van der Waals surface area contributed by atoms with E-state index in [4.69, 9.17) is 9.47 Å². The first-order valence-corrected chi connectivity index (χ1v) is 7.15. The fourth-order valence-corrected chi connectivity index (χ4v) is 2.25. The fourth-order valence-electron chi connectivity index (χ4n) is 2.25. The van der Waals surface area contributed by atoms with Gasteiger partial charge in [-0.15, -0.1) is 0 Å². The molecule has 0 saturated carbocycles. The molecule has 1 aromatic heterocycles. The molecule has 1 unspecified atom stereocenters. The first-order valence-electron chi connectivity index (χ1n) is 7.15. The second-order valence-corrected chi connectivity index (χ2v) is 4.99. The minimum absolute atomic E-state index is 0.227. The van der Waals surface area contributed by atoms with Gasteiger partial charge in [0.25, 0.3) is 0 Å². The molecule has 0 bridgehead atoms. The first kappa shape index (κ1) is 15.4. The highest BCUT2D eigenvalue weighted by Crippen LogP contribution is 2.30. The highest BCUT2D eigenvalue weighted by molar-refractivity contribution is 5.42. The normalized spacial score (nSPS) is 12.2. The molecule has 2 aromatic rings. The molecule has 21 heavy (non-hydrogen) atoms. The van der Waals surface area contributed by atoms with Crippen LogP contribution in [0, 0.1) is 0 Å². The number of hydrogen-bond donors (Lipinski definition) is 1. The van der Waals surface area contributed by atoms with Gasteiger partial charge in [-0.1, -0.05) is 13.0 Å². The minimum atomic E-state index is 0.227. The van der Waals surface area contributed by atoms with Crippen LogP contribution in [-0.4, -0.2) is 23.4 Å². The lowest BCUT2D eigenvalue weighted by Crippen LogP contribution is -2.18. The predicted molar refractivity (Wildman–Crippen MR) is 82.6 cm³/mol. The van der Waals surface area contributed by atoms with Crippen molar-refractivity contribution in [1.82, 2.24) is 15.1 Å². The number of aromatic nitrogens is 2. The zero-order chi connectivity index (χ0) is 15.2. The van der Waals surface area contributed by atoms with E-state index >= 15 is 0 Å². The van der Waals surface area contributed by atoms with Crippen LogP contribution in [0.4, 0.5) is 0 Å². The van der Waals surface area contributed by atoms with Crippen molar-refractivity contribution in [2.45, 2.75) is 26.5 Å². The van der Waals surface area contributed by atoms with E-state index in [2.05, 4.69) is 24.3 Å². The Morgan fingerprint density at radius 3 is 2.81 bits per heavy atom. The van der Waals surface area contributed by atoms with Crippen LogP contribution in [0.3, 0.4) is 0 Å². The Hall–Kier alpha value is -2.01. The molecule has 1 heterocycles. The largest absolute Gasteiger partial charge is 0.497 e. The van der Waals surface area contributed by atoms with Crippen molar-refractivity contribution in [2.24, 2.45) is 7.05 Å². The molecule has 1 N–H and O–H groups in total. The second kappa shape index (κ2) is 7.13. The summed E-state index contributed by atoms with van der Waals surface area (Å²) in [4.78, 5) is 0. The lowest BCUT2D eigenvalue weighted by atomic mass is 10.1. The van der Waals surface area contributed by atoms with Crippen molar-refractivity contribution in [2.75, 3.05) is 13.7 Å². The molecule has 2 rings (SSSR count). The highest BCUT2D eigenvalue weighted by atomic mass is 16.5. The molecule has 0 spiro atoms. The van der Waals surface area contributed by atoms with Crippen LogP contribution in [0.15, 0.2) is 30.6 Å². The number of nitrogens with zero attached hydrogens (tertiary/aromatic N) is 2. The van der Waals surface area contributed by atoms with Crippen LogP contribution < -0.4 is 14.8 Å². The van der Waals surface area contributed by atoms with Crippen LogP contribution in [-0.2, 0) is 13.7 Å². The van der Waals surface area contributed by atoms with Crippen molar-refractivity contribution >= 4 is 0 Å². The molecule has 5 heteroatoms. The predicted octanol–water partition coefficient (Wildman–Crippen LogP) is 2.68. The first-order chi connectivity index (χ1) is 10.1. The summed E-state index contributed by atoms with van der Waals surface area (Å²) in [5.74, 6) is 1.63. The monoisotopic (exact) mass is 289 g/mol. The van der Waals surface area contributed by atoms with Gasteiger partial charge in [0.05, 0.1) is 13.3 Å². The molecule has 0 aliphatic carbocycles. The summed E-state index contributed by atoms with van der Waals surface area (Å²) in [6, 6.07) is 6.16. The molecule has 0 amide bonds. The maximum atomic E-state index is 5.97. The Balaban J connectivity index is 2.17. The second-order valence-electron chi connectivity index (χ2n) is 4.99. The highest BCUT2D eigenvalue weighted by Gasteiger charge is 2.12. The van der Waals surface area contributed by atoms with Gasteiger partial charge in [0, 0.05) is 36.5 Å². The van der Waals surface area contributed by atoms with Gasteiger partial charge in [-0.05, 0) is 19.5 Å². The summed E-state index contributed by atoms with van der Waals surface area (Å²) in [5.41, 5.74) is 2.17. The van der Waals surface area contributed by atoms with Crippen molar-refractivity contribution in [3.63, 3.8) is 0 Å². The third-order valence-electron chi connectivity index (χ3n) is 3.35. The Morgan fingerprint density at radius 2 is 2.19 bits per heavy atom. The molecular weight excluding hydrogens is 266 g/mol. The maximum Gasteiger partial charge on any atom is 0.128 e. The Bertz CT molecular complexity index is 581. The number of ether oxygens (including phenoxy) is 2. The van der Waals surface area contributed by atoms with Gasteiger partial charge in [-0.25, -0.2) is 0 Å². The third-order valence-corrected chi connectivity index (χ3v) is 3.35. The number of methoxy groups -OCH3 is 1. The number of aryl methyl sites for hydroxylation is 1. The van der Waals surface area contributed by atoms with Gasteiger partial charge in [-0.3, -0.25) is 4.68 Å². The third kappa shape index (κ3) is 3.98. The maximum absolute atomic E-state index is 5.97. The molecule has 0 saturated heterocycles. The Morgan fingerprint density at radius 1 is 1.38 bits per heavy atom.